The standard InChI is InChI=1S/C16H22N4O/c1-2-5-14(6-3-1)7-4-8-16-18-15(19-21-16)13-20-11-9-17-10-12-20/h1-3,5-6,17H,4,7-13H2. The van der Waals surface area contributed by atoms with Gasteiger partial charge in [-0.25, -0.2) is 0 Å². The van der Waals surface area contributed by atoms with E-state index in [1.165, 1.54) is 5.56 Å². The van der Waals surface area contributed by atoms with E-state index < -0.39 is 0 Å². The van der Waals surface area contributed by atoms with Gasteiger partial charge in [0.2, 0.25) is 5.89 Å². The molecule has 5 heteroatoms. The molecule has 21 heavy (non-hydrogen) atoms. The molecule has 2 heterocycles. The number of benzene rings is 1. The molecule has 112 valence electrons. The summed E-state index contributed by atoms with van der Waals surface area (Å²) >= 11 is 0. The molecule has 1 aliphatic heterocycles. The molecule has 0 unspecified atom stereocenters. The van der Waals surface area contributed by atoms with Gasteiger partial charge in [-0.2, -0.15) is 4.98 Å². The predicted molar refractivity (Wildman–Crippen MR) is 80.9 cm³/mol. The number of rotatable bonds is 6. The van der Waals surface area contributed by atoms with Gasteiger partial charge in [-0.15, -0.1) is 0 Å². The molecule has 1 aromatic carbocycles. The molecule has 0 radical (unpaired) electrons. The second kappa shape index (κ2) is 7.33. The lowest BCUT2D eigenvalue weighted by atomic mass is 10.1. The third-order valence-corrected chi connectivity index (χ3v) is 3.78. The van der Waals surface area contributed by atoms with Crippen molar-refractivity contribution < 1.29 is 4.52 Å². The topological polar surface area (TPSA) is 54.2 Å². The van der Waals surface area contributed by atoms with E-state index in [4.69, 9.17) is 4.52 Å². The second-order valence-corrected chi connectivity index (χ2v) is 5.47. The largest absolute Gasteiger partial charge is 0.339 e. The van der Waals surface area contributed by atoms with Gasteiger partial charge in [-0.05, 0) is 18.4 Å². The van der Waals surface area contributed by atoms with E-state index >= 15 is 0 Å². The molecule has 3 rings (SSSR count). The molecule has 1 aliphatic rings. The minimum atomic E-state index is 0.760. The molecular formula is C16H22N4O. The van der Waals surface area contributed by atoms with Gasteiger partial charge in [0.25, 0.3) is 0 Å². The highest BCUT2D eigenvalue weighted by molar-refractivity contribution is 5.14. The van der Waals surface area contributed by atoms with E-state index in [-0.39, 0.29) is 0 Å². The Kier molecular flexibility index (Phi) is 4.97. The Bertz CT molecular complexity index is 534. The van der Waals surface area contributed by atoms with Crippen LogP contribution in [0.4, 0.5) is 0 Å². The Hall–Kier alpha value is -1.72. The summed E-state index contributed by atoms with van der Waals surface area (Å²) in [5.74, 6) is 1.57. The molecular weight excluding hydrogens is 264 g/mol. The van der Waals surface area contributed by atoms with Crippen molar-refractivity contribution in [1.82, 2.24) is 20.4 Å². The van der Waals surface area contributed by atoms with Crippen molar-refractivity contribution >= 4 is 0 Å². The van der Waals surface area contributed by atoms with Crippen molar-refractivity contribution in [2.45, 2.75) is 25.8 Å². The van der Waals surface area contributed by atoms with Crippen LogP contribution >= 0.6 is 0 Å². The van der Waals surface area contributed by atoms with Crippen LogP contribution in [0.1, 0.15) is 23.7 Å². The van der Waals surface area contributed by atoms with E-state index in [0.717, 1.165) is 63.7 Å². The van der Waals surface area contributed by atoms with Crippen LogP contribution in [0.25, 0.3) is 0 Å². The van der Waals surface area contributed by atoms with Gasteiger partial charge in [0, 0.05) is 32.6 Å². The molecule has 0 atom stereocenters. The van der Waals surface area contributed by atoms with Gasteiger partial charge >= 0.3 is 0 Å². The smallest absolute Gasteiger partial charge is 0.226 e. The molecule has 0 amide bonds. The van der Waals surface area contributed by atoms with Crippen LogP contribution in [0.2, 0.25) is 0 Å². The first-order valence-electron chi connectivity index (χ1n) is 7.68. The van der Waals surface area contributed by atoms with E-state index in [2.05, 4.69) is 44.6 Å². The van der Waals surface area contributed by atoms with Crippen LogP contribution in [0.15, 0.2) is 34.9 Å². The third kappa shape index (κ3) is 4.37. The Morgan fingerprint density at radius 2 is 1.90 bits per heavy atom. The van der Waals surface area contributed by atoms with Gasteiger partial charge in [0.1, 0.15) is 0 Å². The zero-order valence-electron chi connectivity index (χ0n) is 12.3. The summed E-state index contributed by atoms with van der Waals surface area (Å²) in [7, 11) is 0. The minimum absolute atomic E-state index is 0.760. The summed E-state index contributed by atoms with van der Waals surface area (Å²) in [6.07, 6.45) is 2.94. The fourth-order valence-corrected chi connectivity index (χ4v) is 2.61. The van der Waals surface area contributed by atoms with Gasteiger partial charge in [0.05, 0.1) is 6.54 Å². The number of aryl methyl sites for hydroxylation is 2. The van der Waals surface area contributed by atoms with E-state index in [1.807, 2.05) is 6.07 Å². The van der Waals surface area contributed by atoms with Crippen LogP contribution in [-0.4, -0.2) is 41.2 Å². The Morgan fingerprint density at radius 3 is 2.71 bits per heavy atom. The molecule has 1 fully saturated rings. The SMILES string of the molecule is c1ccc(CCCc2nc(CN3CCNCC3)no2)cc1. The van der Waals surface area contributed by atoms with Crippen LogP contribution in [0, 0.1) is 0 Å². The predicted octanol–water partition coefficient (Wildman–Crippen LogP) is 1.65. The fraction of sp³-hybridized carbons (Fsp3) is 0.500. The lowest BCUT2D eigenvalue weighted by molar-refractivity contribution is 0.224. The summed E-state index contributed by atoms with van der Waals surface area (Å²) in [5.41, 5.74) is 1.36. The maximum atomic E-state index is 5.34. The average Bonchev–Trinajstić information content (AvgIpc) is 2.97. The second-order valence-electron chi connectivity index (χ2n) is 5.47. The molecule has 1 aromatic heterocycles. The molecule has 0 spiro atoms. The third-order valence-electron chi connectivity index (χ3n) is 3.78. The monoisotopic (exact) mass is 286 g/mol. The van der Waals surface area contributed by atoms with Crippen molar-refractivity contribution in [2.75, 3.05) is 26.2 Å². The Morgan fingerprint density at radius 1 is 1.10 bits per heavy atom. The Balaban J connectivity index is 1.44. The number of nitrogens with zero attached hydrogens (tertiary/aromatic N) is 3. The Labute approximate surface area is 125 Å². The molecule has 0 bridgehead atoms. The molecule has 0 aliphatic carbocycles. The zero-order valence-corrected chi connectivity index (χ0v) is 12.3. The van der Waals surface area contributed by atoms with Crippen molar-refractivity contribution in [1.29, 1.82) is 0 Å². The van der Waals surface area contributed by atoms with Crippen molar-refractivity contribution in [3.8, 4) is 0 Å². The van der Waals surface area contributed by atoms with E-state index in [0.29, 0.717) is 0 Å². The summed E-state index contributed by atoms with van der Waals surface area (Å²) < 4.78 is 5.34. The maximum Gasteiger partial charge on any atom is 0.226 e. The quantitative estimate of drug-likeness (QED) is 0.875. The van der Waals surface area contributed by atoms with Crippen LogP contribution in [0.3, 0.4) is 0 Å². The summed E-state index contributed by atoms with van der Waals surface area (Å²) in [4.78, 5) is 6.85. The number of nitrogens with one attached hydrogen (secondary N) is 1. The van der Waals surface area contributed by atoms with Gasteiger partial charge in [-0.3, -0.25) is 4.90 Å². The van der Waals surface area contributed by atoms with Crippen LogP contribution in [-0.2, 0) is 19.4 Å². The normalized spacial score (nSPS) is 16.2. The van der Waals surface area contributed by atoms with Crippen LogP contribution < -0.4 is 5.32 Å². The first kappa shape index (κ1) is 14.2. The van der Waals surface area contributed by atoms with Gasteiger partial charge < -0.3 is 9.84 Å². The van der Waals surface area contributed by atoms with Gasteiger partial charge in [-0.1, -0.05) is 35.5 Å². The number of aromatic nitrogens is 2. The molecule has 0 saturated carbocycles. The number of piperazine rings is 1. The number of hydrogen-bond donors (Lipinski definition) is 1. The first-order chi connectivity index (χ1) is 10.4. The highest BCUT2D eigenvalue weighted by Gasteiger charge is 2.13. The minimum Gasteiger partial charge on any atom is -0.339 e. The highest BCUT2D eigenvalue weighted by Crippen LogP contribution is 2.08. The molecule has 1 saturated heterocycles. The van der Waals surface area contributed by atoms with Crippen molar-refractivity contribution in [3.63, 3.8) is 0 Å². The summed E-state index contributed by atoms with van der Waals surface area (Å²) in [5, 5.41) is 7.43. The highest BCUT2D eigenvalue weighted by atomic mass is 16.5. The van der Waals surface area contributed by atoms with Crippen molar-refractivity contribution in [2.24, 2.45) is 0 Å². The lowest BCUT2D eigenvalue weighted by Gasteiger charge is -2.25. The lowest BCUT2D eigenvalue weighted by Crippen LogP contribution is -2.43. The first-order valence-corrected chi connectivity index (χ1v) is 7.68. The summed E-state index contributed by atoms with van der Waals surface area (Å²) in [6, 6.07) is 10.5. The maximum absolute atomic E-state index is 5.34. The summed E-state index contributed by atoms with van der Waals surface area (Å²) in [6.45, 7) is 4.99. The van der Waals surface area contributed by atoms with E-state index in [1.54, 1.807) is 0 Å². The van der Waals surface area contributed by atoms with Gasteiger partial charge in [0.15, 0.2) is 5.82 Å². The van der Waals surface area contributed by atoms with Crippen molar-refractivity contribution in [3.05, 3.63) is 47.6 Å². The number of hydrogen-bond acceptors (Lipinski definition) is 5. The molecule has 5 nitrogen and oxygen atoms in total. The molecule has 1 N–H and O–H groups in total. The fourth-order valence-electron chi connectivity index (χ4n) is 2.61. The van der Waals surface area contributed by atoms with E-state index in [9.17, 15) is 0 Å². The van der Waals surface area contributed by atoms with Crippen LogP contribution in [0.5, 0.6) is 0 Å². The average molecular weight is 286 g/mol. The zero-order chi connectivity index (χ0) is 14.3. The molecule has 2 aromatic rings.